The number of hydrogen-bond donors (Lipinski definition) is 1. The molecule has 4 rings (SSSR count). The molecule has 0 bridgehead atoms. The van der Waals surface area contributed by atoms with Crippen molar-refractivity contribution in [2.75, 3.05) is 0 Å². The number of nitrogens with zero attached hydrogens (tertiary/aromatic N) is 1. The Morgan fingerprint density at radius 1 is 0.933 bits per heavy atom. The molecule has 8 heteroatoms. The number of sulfonamides is 1. The van der Waals surface area contributed by atoms with Crippen LogP contribution in [-0.2, 0) is 10.0 Å². The summed E-state index contributed by atoms with van der Waals surface area (Å²) in [4.78, 5) is 14.2. The summed E-state index contributed by atoms with van der Waals surface area (Å²) in [6.45, 7) is 0. The van der Waals surface area contributed by atoms with Crippen molar-refractivity contribution < 1.29 is 22.4 Å². The molecule has 0 atom stereocenters. The van der Waals surface area contributed by atoms with E-state index in [1.807, 2.05) is 24.3 Å². The highest BCUT2D eigenvalue weighted by Crippen LogP contribution is 2.19. The van der Waals surface area contributed by atoms with Crippen LogP contribution in [-0.4, -0.2) is 20.6 Å². The summed E-state index contributed by atoms with van der Waals surface area (Å²) in [7, 11) is -3.80. The largest absolute Gasteiger partial charge is 0.457 e. The second-order valence-electron chi connectivity index (χ2n) is 6.30. The third-order valence-electron chi connectivity index (χ3n) is 4.23. The lowest BCUT2D eigenvalue weighted by molar-refractivity contribution is 0.0701. The Balaban J connectivity index is 1.41. The summed E-state index contributed by atoms with van der Waals surface area (Å²) in [5.74, 6) is -0.182. The van der Waals surface area contributed by atoms with Gasteiger partial charge in [-0.3, -0.25) is 0 Å². The van der Waals surface area contributed by atoms with Crippen molar-refractivity contribution in [1.82, 2.24) is 4.83 Å². The molecule has 0 amide bonds. The Bertz CT molecular complexity index is 1310. The zero-order valence-electron chi connectivity index (χ0n) is 15.6. The van der Waals surface area contributed by atoms with Gasteiger partial charge in [-0.05, 0) is 64.9 Å². The van der Waals surface area contributed by atoms with Crippen molar-refractivity contribution in [3.05, 3.63) is 96.4 Å². The van der Waals surface area contributed by atoms with Gasteiger partial charge < -0.3 is 9.15 Å². The molecule has 0 spiro atoms. The zero-order chi connectivity index (χ0) is 21.0. The maximum Gasteiger partial charge on any atom is 0.379 e. The topological polar surface area (TPSA) is 98.0 Å². The van der Waals surface area contributed by atoms with Crippen molar-refractivity contribution in [2.24, 2.45) is 5.10 Å². The first-order valence-electron chi connectivity index (χ1n) is 8.91. The molecule has 0 unspecified atom stereocenters. The molecule has 1 N–H and O–H groups in total. The number of esters is 1. The van der Waals surface area contributed by atoms with Gasteiger partial charge in [0.2, 0.25) is 5.76 Å². The van der Waals surface area contributed by atoms with Crippen LogP contribution >= 0.6 is 0 Å². The van der Waals surface area contributed by atoms with Crippen LogP contribution in [0.1, 0.15) is 16.1 Å². The molecule has 3 aromatic carbocycles. The monoisotopic (exact) mass is 420 g/mol. The number of hydrogen-bond acceptors (Lipinski definition) is 6. The van der Waals surface area contributed by atoms with Crippen LogP contribution < -0.4 is 9.57 Å². The normalized spacial score (nSPS) is 11.6. The maximum atomic E-state index is 12.5. The van der Waals surface area contributed by atoms with E-state index in [1.54, 1.807) is 42.5 Å². The van der Waals surface area contributed by atoms with Crippen LogP contribution in [0.5, 0.6) is 5.75 Å². The van der Waals surface area contributed by atoms with Crippen molar-refractivity contribution >= 4 is 33.0 Å². The fraction of sp³-hybridized carbons (Fsp3) is 0. The van der Waals surface area contributed by atoms with Crippen molar-refractivity contribution in [1.29, 1.82) is 0 Å². The minimum atomic E-state index is -3.80. The summed E-state index contributed by atoms with van der Waals surface area (Å²) in [5, 5.41) is 5.59. The Morgan fingerprint density at radius 2 is 1.70 bits per heavy atom. The number of nitrogens with one attached hydrogen (secondary N) is 1. The van der Waals surface area contributed by atoms with E-state index in [0.29, 0.717) is 11.3 Å². The molecule has 0 aliphatic heterocycles. The van der Waals surface area contributed by atoms with E-state index in [2.05, 4.69) is 9.93 Å². The van der Waals surface area contributed by atoms with E-state index >= 15 is 0 Å². The number of carbonyl (C=O) groups is 1. The molecule has 0 aliphatic carbocycles. The molecule has 0 radical (unpaired) electrons. The minimum Gasteiger partial charge on any atom is -0.457 e. The second-order valence-corrected chi connectivity index (χ2v) is 7.96. The molecule has 7 nitrogen and oxygen atoms in total. The molecular formula is C22H16N2O5S. The summed E-state index contributed by atoms with van der Waals surface area (Å²) < 4.78 is 35.1. The fourth-order valence-electron chi connectivity index (χ4n) is 2.73. The molecular weight excluding hydrogens is 404 g/mol. The first-order chi connectivity index (χ1) is 14.5. The number of fused-ring (bicyclic) bond motifs is 1. The molecule has 0 aliphatic rings. The van der Waals surface area contributed by atoms with Crippen LogP contribution in [0, 0.1) is 0 Å². The number of carbonyl (C=O) groups excluding carboxylic acids is 1. The second kappa shape index (κ2) is 8.22. The molecule has 4 aromatic rings. The summed E-state index contributed by atoms with van der Waals surface area (Å²) in [6, 6.07) is 21.9. The predicted octanol–water partition coefficient (Wildman–Crippen LogP) is 3.96. The van der Waals surface area contributed by atoms with Gasteiger partial charge in [0.25, 0.3) is 10.0 Å². The maximum absolute atomic E-state index is 12.5. The van der Waals surface area contributed by atoms with Crippen LogP contribution in [0.3, 0.4) is 0 Å². The Kier molecular flexibility index (Phi) is 5.32. The number of hydrazone groups is 1. The third kappa shape index (κ3) is 4.39. The molecule has 0 fully saturated rings. The van der Waals surface area contributed by atoms with Gasteiger partial charge in [0.05, 0.1) is 17.4 Å². The smallest absolute Gasteiger partial charge is 0.379 e. The average Bonchev–Trinajstić information content (AvgIpc) is 3.30. The van der Waals surface area contributed by atoms with Crippen molar-refractivity contribution in [3.63, 3.8) is 0 Å². The molecule has 150 valence electrons. The van der Waals surface area contributed by atoms with Gasteiger partial charge in [0.15, 0.2) is 0 Å². The van der Waals surface area contributed by atoms with Gasteiger partial charge >= 0.3 is 5.97 Å². The number of rotatable bonds is 6. The Labute approximate surface area is 172 Å². The number of benzene rings is 3. The lowest BCUT2D eigenvalue weighted by Crippen LogP contribution is -2.18. The van der Waals surface area contributed by atoms with E-state index in [-0.39, 0.29) is 10.7 Å². The van der Waals surface area contributed by atoms with Gasteiger partial charge in [-0.25, -0.2) is 9.63 Å². The van der Waals surface area contributed by atoms with Crippen LogP contribution in [0.4, 0.5) is 0 Å². The number of furan rings is 1. The van der Waals surface area contributed by atoms with Gasteiger partial charge in [0.1, 0.15) is 5.75 Å². The lowest BCUT2D eigenvalue weighted by atomic mass is 10.1. The lowest BCUT2D eigenvalue weighted by Gasteiger charge is -2.05. The highest BCUT2D eigenvalue weighted by molar-refractivity contribution is 7.89. The van der Waals surface area contributed by atoms with Gasteiger partial charge in [-0.15, -0.1) is 0 Å². The SMILES string of the molecule is O=C(Oc1ccc(C=NNS(=O)(=O)c2ccc3ccccc3c2)cc1)c1ccco1. The van der Waals surface area contributed by atoms with E-state index in [9.17, 15) is 13.2 Å². The predicted molar refractivity (Wildman–Crippen MR) is 112 cm³/mol. The van der Waals surface area contributed by atoms with E-state index < -0.39 is 16.0 Å². The molecule has 1 heterocycles. The summed E-state index contributed by atoms with van der Waals surface area (Å²) >= 11 is 0. The first kappa shape index (κ1) is 19.4. The average molecular weight is 420 g/mol. The van der Waals surface area contributed by atoms with Crippen molar-refractivity contribution in [3.8, 4) is 5.75 Å². The first-order valence-corrected chi connectivity index (χ1v) is 10.4. The standard InChI is InChI=1S/C22H16N2O5S/c25-22(21-6-3-13-28-21)29-19-10-7-16(8-11-19)15-23-24-30(26,27)20-12-9-17-4-1-2-5-18(17)14-20/h1-15,24H. The van der Waals surface area contributed by atoms with Crippen LogP contribution in [0.25, 0.3) is 10.8 Å². The van der Waals surface area contributed by atoms with Gasteiger partial charge in [-0.2, -0.15) is 13.5 Å². The molecule has 0 saturated heterocycles. The molecule has 30 heavy (non-hydrogen) atoms. The zero-order valence-corrected chi connectivity index (χ0v) is 16.4. The molecule has 1 aromatic heterocycles. The minimum absolute atomic E-state index is 0.101. The fourth-order valence-corrected chi connectivity index (χ4v) is 3.56. The van der Waals surface area contributed by atoms with E-state index in [4.69, 9.17) is 9.15 Å². The summed E-state index contributed by atoms with van der Waals surface area (Å²) in [5.41, 5.74) is 0.619. The Morgan fingerprint density at radius 3 is 2.43 bits per heavy atom. The highest BCUT2D eigenvalue weighted by Gasteiger charge is 2.13. The van der Waals surface area contributed by atoms with Crippen LogP contribution in [0.15, 0.2) is 99.5 Å². The summed E-state index contributed by atoms with van der Waals surface area (Å²) in [6.07, 6.45) is 2.74. The van der Waals surface area contributed by atoms with Crippen molar-refractivity contribution in [2.45, 2.75) is 4.90 Å². The Hall–Kier alpha value is -3.91. The highest BCUT2D eigenvalue weighted by atomic mass is 32.2. The quantitative estimate of drug-likeness (QED) is 0.220. The van der Waals surface area contributed by atoms with Crippen LogP contribution in [0.2, 0.25) is 0 Å². The van der Waals surface area contributed by atoms with E-state index in [0.717, 1.165) is 10.8 Å². The molecule has 0 saturated carbocycles. The van der Waals surface area contributed by atoms with E-state index in [1.165, 1.54) is 24.6 Å². The van der Waals surface area contributed by atoms with Gasteiger partial charge in [0, 0.05) is 0 Å². The van der Waals surface area contributed by atoms with Gasteiger partial charge in [-0.1, -0.05) is 30.3 Å². The number of ether oxygens (including phenoxy) is 1. The third-order valence-corrected chi connectivity index (χ3v) is 5.45.